The first-order chi connectivity index (χ1) is 9.22. The molecule has 0 aliphatic rings. The molecule has 3 aromatic rings. The van der Waals surface area contributed by atoms with E-state index in [2.05, 4.69) is 20.3 Å². The molecule has 0 saturated carbocycles. The number of anilines is 3. The second-order valence-electron chi connectivity index (χ2n) is 3.96. The van der Waals surface area contributed by atoms with E-state index in [4.69, 9.17) is 17.3 Å². The molecular weight excluding hydrogens is 262 g/mol. The van der Waals surface area contributed by atoms with E-state index in [1.54, 1.807) is 18.5 Å². The number of hydrogen-bond acceptors (Lipinski definition) is 5. The van der Waals surface area contributed by atoms with Gasteiger partial charge in [-0.3, -0.25) is 0 Å². The largest absolute Gasteiger partial charge is 0.384 e. The Kier molecular flexibility index (Phi) is 2.89. The van der Waals surface area contributed by atoms with E-state index in [1.807, 2.05) is 24.3 Å². The molecule has 0 aliphatic heterocycles. The first-order valence-corrected chi connectivity index (χ1v) is 6.00. The summed E-state index contributed by atoms with van der Waals surface area (Å²) in [5.41, 5.74) is 5.62. The first kappa shape index (κ1) is 11.7. The van der Waals surface area contributed by atoms with Crippen LogP contribution in [0.5, 0.6) is 0 Å². The molecule has 3 N–H and O–H groups in total. The molecule has 2 heterocycles. The van der Waals surface area contributed by atoms with E-state index in [0.717, 1.165) is 10.8 Å². The topological polar surface area (TPSA) is 76.7 Å². The fourth-order valence-electron chi connectivity index (χ4n) is 1.78. The molecule has 0 fully saturated rings. The van der Waals surface area contributed by atoms with Gasteiger partial charge in [0.2, 0.25) is 5.95 Å². The third kappa shape index (κ3) is 2.41. The number of nitrogen functional groups attached to an aromatic ring is 1. The maximum atomic E-state index is 6.01. The third-order valence-corrected chi connectivity index (χ3v) is 2.87. The van der Waals surface area contributed by atoms with Crippen molar-refractivity contribution in [2.75, 3.05) is 11.1 Å². The van der Waals surface area contributed by atoms with Crippen molar-refractivity contribution in [3.63, 3.8) is 0 Å². The van der Waals surface area contributed by atoms with Crippen molar-refractivity contribution in [2.45, 2.75) is 0 Å². The fourth-order valence-corrected chi connectivity index (χ4v) is 1.95. The number of halogens is 1. The summed E-state index contributed by atoms with van der Waals surface area (Å²) in [5.74, 6) is 1.45. The van der Waals surface area contributed by atoms with Crippen molar-refractivity contribution in [3.05, 3.63) is 47.7 Å². The standard InChI is InChI=1S/C13H10ClN5/c14-9-2-1-8-3-5-16-12(10(8)7-9)19-13-17-6-4-11(15)18-13/h1-7H,(H3,15,16,17,18,19). The van der Waals surface area contributed by atoms with Crippen LogP contribution in [-0.4, -0.2) is 15.0 Å². The molecule has 0 amide bonds. The Morgan fingerprint density at radius 3 is 2.74 bits per heavy atom. The number of aromatic nitrogens is 3. The zero-order valence-electron chi connectivity index (χ0n) is 9.84. The number of hydrogen-bond donors (Lipinski definition) is 2. The Hall–Kier alpha value is -2.40. The van der Waals surface area contributed by atoms with Gasteiger partial charge in [-0.25, -0.2) is 9.97 Å². The summed E-state index contributed by atoms with van der Waals surface area (Å²) >= 11 is 6.01. The highest BCUT2D eigenvalue weighted by atomic mass is 35.5. The predicted molar refractivity (Wildman–Crippen MR) is 76.5 cm³/mol. The van der Waals surface area contributed by atoms with Gasteiger partial charge in [-0.2, -0.15) is 4.98 Å². The summed E-state index contributed by atoms with van der Waals surface area (Å²) in [6.07, 6.45) is 3.30. The molecule has 0 unspecified atom stereocenters. The maximum Gasteiger partial charge on any atom is 0.230 e. The van der Waals surface area contributed by atoms with Crippen LogP contribution in [0.3, 0.4) is 0 Å². The lowest BCUT2D eigenvalue weighted by molar-refractivity contribution is 1.16. The second-order valence-corrected chi connectivity index (χ2v) is 4.39. The molecule has 0 aliphatic carbocycles. The zero-order chi connectivity index (χ0) is 13.2. The normalized spacial score (nSPS) is 10.6. The third-order valence-electron chi connectivity index (χ3n) is 2.64. The van der Waals surface area contributed by atoms with Crippen LogP contribution < -0.4 is 11.1 Å². The summed E-state index contributed by atoms with van der Waals surface area (Å²) in [4.78, 5) is 12.5. The van der Waals surface area contributed by atoms with Gasteiger partial charge >= 0.3 is 0 Å². The van der Waals surface area contributed by atoms with Gasteiger partial charge in [-0.05, 0) is 29.7 Å². The van der Waals surface area contributed by atoms with Crippen molar-refractivity contribution in [1.82, 2.24) is 15.0 Å². The predicted octanol–water partition coefficient (Wildman–Crippen LogP) is 3.00. The summed E-state index contributed by atoms with van der Waals surface area (Å²) in [6, 6.07) is 9.16. The lowest BCUT2D eigenvalue weighted by atomic mass is 10.1. The van der Waals surface area contributed by atoms with Crippen molar-refractivity contribution >= 4 is 40.0 Å². The molecule has 94 valence electrons. The van der Waals surface area contributed by atoms with Crippen LogP contribution in [-0.2, 0) is 0 Å². The Balaban J connectivity index is 2.07. The summed E-state index contributed by atoms with van der Waals surface area (Å²) in [7, 11) is 0. The maximum absolute atomic E-state index is 6.01. The van der Waals surface area contributed by atoms with Crippen LogP contribution in [0.2, 0.25) is 5.02 Å². The van der Waals surface area contributed by atoms with Gasteiger partial charge in [0.1, 0.15) is 11.6 Å². The average Bonchev–Trinajstić information content (AvgIpc) is 2.39. The Bertz CT molecular complexity index is 744. The van der Waals surface area contributed by atoms with Gasteiger partial charge in [-0.15, -0.1) is 0 Å². The second kappa shape index (κ2) is 4.70. The number of nitrogens with two attached hydrogens (primary N) is 1. The SMILES string of the molecule is Nc1ccnc(Nc2nccc3ccc(Cl)cc23)n1. The van der Waals surface area contributed by atoms with Gasteiger partial charge in [0.05, 0.1) is 0 Å². The summed E-state index contributed by atoms with van der Waals surface area (Å²) in [5, 5.41) is 5.63. The zero-order valence-corrected chi connectivity index (χ0v) is 10.6. The number of nitrogens with one attached hydrogen (secondary N) is 1. The van der Waals surface area contributed by atoms with Crippen LogP contribution in [0.25, 0.3) is 10.8 Å². The van der Waals surface area contributed by atoms with E-state index < -0.39 is 0 Å². The molecule has 19 heavy (non-hydrogen) atoms. The van der Waals surface area contributed by atoms with Gasteiger partial charge in [-0.1, -0.05) is 17.7 Å². The minimum atomic E-state index is 0.399. The van der Waals surface area contributed by atoms with Gasteiger partial charge < -0.3 is 11.1 Å². The number of nitrogens with zero attached hydrogens (tertiary/aromatic N) is 3. The first-order valence-electron chi connectivity index (χ1n) is 5.62. The highest BCUT2D eigenvalue weighted by Crippen LogP contribution is 2.25. The minimum absolute atomic E-state index is 0.399. The van der Waals surface area contributed by atoms with E-state index in [1.165, 1.54) is 0 Å². The highest BCUT2D eigenvalue weighted by molar-refractivity contribution is 6.31. The van der Waals surface area contributed by atoms with E-state index >= 15 is 0 Å². The van der Waals surface area contributed by atoms with Crippen molar-refractivity contribution < 1.29 is 0 Å². The average molecular weight is 272 g/mol. The van der Waals surface area contributed by atoms with Crippen LogP contribution >= 0.6 is 11.6 Å². The molecule has 2 aromatic heterocycles. The number of rotatable bonds is 2. The molecule has 0 spiro atoms. The van der Waals surface area contributed by atoms with E-state index in [0.29, 0.717) is 22.6 Å². The van der Waals surface area contributed by atoms with Crippen LogP contribution in [0, 0.1) is 0 Å². The molecule has 0 bridgehead atoms. The number of pyridine rings is 1. The highest BCUT2D eigenvalue weighted by Gasteiger charge is 2.05. The van der Waals surface area contributed by atoms with Crippen molar-refractivity contribution in [1.29, 1.82) is 0 Å². The molecule has 0 radical (unpaired) electrons. The Morgan fingerprint density at radius 2 is 1.89 bits per heavy atom. The lowest BCUT2D eigenvalue weighted by Crippen LogP contribution is -2.01. The Morgan fingerprint density at radius 1 is 1.05 bits per heavy atom. The molecule has 1 aromatic carbocycles. The molecule has 0 atom stereocenters. The van der Waals surface area contributed by atoms with E-state index in [-0.39, 0.29) is 0 Å². The summed E-state index contributed by atoms with van der Waals surface area (Å²) in [6.45, 7) is 0. The smallest absolute Gasteiger partial charge is 0.230 e. The van der Waals surface area contributed by atoms with Crippen molar-refractivity contribution in [2.24, 2.45) is 0 Å². The number of benzene rings is 1. The van der Waals surface area contributed by atoms with E-state index in [9.17, 15) is 0 Å². The Labute approximate surface area is 114 Å². The summed E-state index contributed by atoms with van der Waals surface area (Å²) < 4.78 is 0. The van der Waals surface area contributed by atoms with Crippen LogP contribution in [0.4, 0.5) is 17.6 Å². The minimum Gasteiger partial charge on any atom is -0.384 e. The van der Waals surface area contributed by atoms with Crippen molar-refractivity contribution in [3.8, 4) is 0 Å². The van der Waals surface area contributed by atoms with Gasteiger partial charge in [0.25, 0.3) is 0 Å². The van der Waals surface area contributed by atoms with Gasteiger partial charge in [0.15, 0.2) is 0 Å². The molecular formula is C13H10ClN5. The number of fused-ring (bicyclic) bond motifs is 1. The molecule has 6 heteroatoms. The van der Waals surface area contributed by atoms with Crippen LogP contribution in [0.15, 0.2) is 42.7 Å². The monoisotopic (exact) mass is 271 g/mol. The lowest BCUT2D eigenvalue weighted by Gasteiger charge is -2.07. The fraction of sp³-hybridized carbons (Fsp3) is 0. The van der Waals surface area contributed by atoms with Gasteiger partial charge in [0, 0.05) is 22.8 Å². The molecule has 3 rings (SSSR count). The molecule has 5 nitrogen and oxygen atoms in total. The van der Waals surface area contributed by atoms with Crippen LogP contribution in [0.1, 0.15) is 0 Å². The molecule has 0 saturated heterocycles. The quantitative estimate of drug-likeness (QED) is 0.749.